The molecule has 1 heterocycles. The Morgan fingerprint density at radius 2 is 1.71 bits per heavy atom. The van der Waals surface area contributed by atoms with Crippen LogP contribution in [-0.2, 0) is 0 Å². The number of hydrogen-bond acceptors (Lipinski definition) is 5. The molecule has 0 saturated heterocycles. The third kappa shape index (κ3) is 4.18. The van der Waals surface area contributed by atoms with Crippen molar-refractivity contribution in [3.05, 3.63) is 87.0 Å². The molecule has 4 aromatic rings. The number of carbonyl (C=O) groups excluding carboxylic acids is 1. The fourth-order valence-corrected chi connectivity index (χ4v) is 3.67. The molecule has 0 spiro atoms. The van der Waals surface area contributed by atoms with E-state index in [9.17, 15) is 9.59 Å². The highest BCUT2D eigenvalue weighted by Crippen LogP contribution is 2.33. The lowest BCUT2D eigenvalue weighted by Crippen LogP contribution is -2.13. The Hall–Kier alpha value is -3.58. The van der Waals surface area contributed by atoms with Gasteiger partial charge in [-0.25, -0.2) is 0 Å². The molecule has 4 rings (SSSR count). The molecule has 0 aliphatic carbocycles. The van der Waals surface area contributed by atoms with E-state index in [1.807, 2.05) is 6.07 Å². The lowest BCUT2D eigenvalue weighted by atomic mass is 10.1. The van der Waals surface area contributed by atoms with Crippen molar-refractivity contribution in [2.24, 2.45) is 0 Å². The maximum absolute atomic E-state index is 12.8. The van der Waals surface area contributed by atoms with Gasteiger partial charge < -0.3 is 19.2 Å². The van der Waals surface area contributed by atoms with Crippen molar-refractivity contribution < 1.29 is 18.7 Å². The Bertz CT molecular complexity index is 1350. The van der Waals surface area contributed by atoms with Crippen molar-refractivity contribution in [2.75, 3.05) is 19.5 Å². The van der Waals surface area contributed by atoms with Gasteiger partial charge >= 0.3 is 0 Å². The van der Waals surface area contributed by atoms with Crippen LogP contribution in [0.4, 0.5) is 5.69 Å². The molecule has 31 heavy (non-hydrogen) atoms. The maximum atomic E-state index is 12.8. The Kier molecular flexibility index (Phi) is 5.77. The average molecular weight is 480 g/mol. The van der Waals surface area contributed by atoms with Crippen LogP contribution >= 0.6 is 15.9 Å². The molecule has 6 nitrogen and oxygen atoms in total. The standard InChI is InChI=1S/C24H18BrNO5/c1-29-21-9-7-14(11-23(21)30-2)22-13-19(27)17-12-15(8-10-20(17)31-22)26-24(28)16-5-3-4-6-18(16)25/h3-13H,1-2H3,(H,26,28). The number of carbonyl (C=O) groups is 1. The number of fused-ring (bicyclic) bond motifs is 1. The van der Waals surface area contributed by atoms with Crippen LogP contribution in [0, 0.1) is 0 Å². The summed E-state index contributed by atoms with van der Waals surface area (Å²) in [6.45, 7) is 0. The number of hydrogen-bond donors (Lipinski definition) is 1. The number of ether oxygens (including phenoxy) is 2. The zero-order valence-electron chi connectivity index (χ0n) is 16.8. The molecule has 0 saturated carbocycles. The molecule has 0 aliphatic heterocycles. The summed E-state index contributed by atoms with van der Waals surface area (Å²) in [5.74, 6) is 1.24. The first-order valence-corrected chi connectivity index (χ1v) is 10.2. The zero-order chi connectivity index (χ0) is 22.0. The van der Waals surface area contributed by atoms with E-state index in [1.54, 1.807) is 68.8 Å². The monoisotopic (exact) mass is 479 g/mol. The highest BCUT2D eigenvalue weighted by Gasteiger charge is 2.13. The van der Waals surface area contributed by atoms with Gasteiger partial charge in [-0.15, -0.1) is 0 Å². The van der Waals surface area contributed by atoms with Gasteiger partial charge in [0, 0.05) is 21.8 Å². The molecular formula is C24H18BrNO5. The summed E-state index contributed by atoms with van der Waals surface area (Å²) in [5.41, 5.74) is 1.88. The van der Waals surface area contributed by atoms with Crippen LogP contribution in [0.2, 0.25) is 0 Å². The van der Waals surface area contributed by atoms with E-state index in [1.165, 1.54) is 6.07 Å². The SMILES string of the molecule is COc1ccc(-c2cc(=O)c3cc(NC(=O)c4ccccc4Br)ccc3o2)cc1OC. The fourth-order valence-electron chi connectivity index (χ4n) is 3.21. The van der Waals surface area contributed by atoms with Crippen molar-refractivity contribution in [1.82, 2.24) is 0 Å². The van der Waals surface area contributed by atoms with Crippen LogP contribution < -0.4 is 20.2 Å². The molecule has 0 radical (unpaired) electrons. The predicted octanol–water partition coefficient (Wildman–Crippen LogP) is 5.49. The molecule has 1 amide bonds. The molecule has 156 valence electrons. The second-order valence-electron chi connectivity index (χ2n) is 6.69. The van der Waals surface area contributed by atoms with Gasteiger partial charge in [-0.1, -0.05) is 12.1 Å². The Labute approximate surface area is 186 Å². The molecule has 1 N–H and O–H groups in total. The smallest absolute Gasteiger partial charge is 0.256 e. The molecule has 7 heteroatoms. The highest BCUT2D eigenvalue weighted by molar-refractivity contribution is 9.10. The maximum Gasteiger partial charge on any atom is 0.256 e. The third-order valence-corrected chi connectivity index (χ3v) is 5.46. The van der Waals surface area contributed by atoms with Crippen molar-refractivity contribution in [3.63, 3.8) is 0 Å². The van der Waals surface area contributed by atoms with E-state index in [0.717, 1.165) is 0 Å². The van der Waals surface area contributed by atoms with Crippen LogP contribution in [0.15, 0.2) is 80.4 Å². The van der Waals surface area contributed by atoms with Crippen molar-refractivity contribution >= 4 is 38.5 Å². The van der Waals surface area contributed by atoms with Crippen molar-refractivity contribution in [2.45, 2.75) is 0 Å². The first kappa shape index (κ1) is 20.7. The summed E-state index contributed by atoms with van der Waals surface area (Å²) in [6, 6.07) is 18.8. The lowest BCUT2D eigenvalue weighted by molar-refractivity contribution is 0.102. The molecule has 3 aromatic carbocycles. The first-order valence-electron chi connectivity index (χ1n) is 9.36. The predicted molar refractivity (Wildman–Crippen MR) is 123 cm³/mol. The lowest BCUT2D eigenvalue weighted by Gasteiger charge is -2.10. The summed E-state index contributed by atoms with van der Waals surface area (Å²) >= 11 is 3.37. The van der Waals surface area contributed by atoms with Gasteiger partial charge in [0.1, 0.15) is 11.3 Å². The van der Waals surface area contributed by atoms with Crippen LogP contribution in [0.1, 0.15) is 10.4 Å². The quantitative estimate of drug-likeness (QED) is 0.409. The summed E-state index contributed by atoms with van der Waals surface area (Å²) in [5, 5.41) is 3.18. The molecular weight excluding hydrogens is 462 g/mol. The molecule has 0 fully saturated rings. The molecule has 0 bridgehead atoms. The van der Waals surface area contributed by atoms with Gasteiger partial charge in [0.25, 0.3) is 5.91 Å². The average Bonchev–Trinajstić information content (AvgIpc) is 2.79. The highest BCUT2D eigenvalue weighted by atomic mass is 79.9. The second kappa shape index (κ2) is 8.65. The summed E-state index contributed by atoms with van der Waals surface area (Å²) < 4.78 is 17.2. The Balaban J connectivity index is 1.68. The normalized spacial score (nSPS) is 10.7. The number of nitrogens with one attached hydrogen (secondary N) is 1. The van der Waals surface area contributed by atoms with E-state index >= 15 is 0 Å². The second-order valence-corrected chi connectivity index (χ2v) is 7.54. The number of methoxy groups -OCH3 is 2. The summed E-state index contributed by atoms with van der Waals surface area (Å²) in [4.78, 5) is 25.3. The third-order valence-electron chi connectivity index (χ3n) is 4.77. The number of halogens is 1. The topological polar surface area (TPSA) is 77.8 Å². The Morgan fingerprint density at radius 1 is 0.935 bits per heavy atom. The van der Waals surface area contributed by atoms with E-state index in [4.69, 9.17) is 13.9 Å². The number of rotatable bonds is 5. The summed E-state index contributed by atoms with van der Waals surface area (Å²) in [6.07, 6.45) is 0. The number of benzene rings is 3. The molecule has 0 aliphatic rings. The summed E-state index contributed by atoms with van der Waals surface area (Å²) in [7, 11) is 3.10. The number of amides is 1. The van der Waals surface area contributed by atoms with E-state index in [0.29, 0.717) is 49.5 Å². The minimum atomic E-state index is -0.279. The van der Waals surface area contributed by atoms with Crippen LogP contribution in [0.5, 0.6) is 11.5 Å². The van der Waals surface area contributed by atoms with Crippen LogP contribution in [-0.4, -0.2) is 20.1 Å². The van der Waals surface area contributed by atoms with Gasteiger partial charge in [0.15, 0.2) is 16.9 Å². The molecule has 0 atom stereocenters. The minimum Gasteiger partial charge on any atom is -0.493 e. The molecule has 0 unspecified atom stereocenters. The van der Waals surface area contributed by atoms with Gasteiger partial charge in [0.05, 0.1) is 25.2 Å². The Morgan fingerprint density at radius 3 is 2.45 bits per heavy atom. The van der Waals surface area contributed by atoms with Crippen molar-refractivity contribution in [3.8, 4) is 22.8 Å². The fraction of sp³-hybridized carbons (Fsp3) is 0.0833. The van der Waals surface area contributed by atoms with Crippen LogP contribution in [0.3, 0.4) is 0 Å². The van der Waals surface area contributed by atoms with E-state index in [-0.39, 0.29) is 11.3 Å². The van der Waals surface area contributed by atoms with E-state index < -0.39 is 0 Å². The van der Waals surface area contributed by atoms with Gasteiger partial charge in [0.2, 0.25) is 0 Å². The van der Waals surface area contributed by atoms with E-state index in [2.05, 4.69) is 21.2 Å². The van der Waals surface area contributed by atoms with Crippen LogP contribution in [0.25, 0.3) is 22.3 Å². The van der Waals surface area contributed by atoms with Crippen molar-refractivity contribution in [1.29, 1.82) is 0 Å². The molecule has 1 aromatic heterocycles. The largest absolute Gasteiger partial charge is 0.493 e. The van der Waals surface area contributed by atoms with Gasteiger partial charge in [-0.05, 0) is 64.5 Å². The number of anilines is 1. The van der Waals surface area contributed by atoms with Gasteiger partial charge in [-0.3, -0.25) is 9.59 Å². The minimum absolute atomic E-state index is 0.219. The first-order chi connectivity index (χ1) is 15.0. The zero-order valence-corrected chi connectivity index (χ0v) is 18.4. The van der Waals surface area contributed by atoms with Gasteiger partial charge in [-0.2, -0.15) is 0 Å².